The fourth-order valence-corrected chi connectivity index (χ4v) is 3.63. The molecular weight excluding hydrogens is 306 g/mol. The predicted octanol–water partition coefficient (Wildman–Crippen LogP) is 3.86. The zero-order chi connectivity index (χ0) is 11.7. The number of hydrogen-bond acceptors (Lipinski definition) is 4. The van der Waals surface area contributed by atoms with Gasteiger partial charge >= 0.3 is 0 Å². The fourth-order valence-electron chi connectivity index (χ4n) is 1.45. The van der Waals surface area contributed by atoms with Crippen molar-refractivity contribution in [3.8, 4) is 0 Å². The molecule has 1 N–H and O–H groups in total. The third-order valence-corrected chi connectivity index (χ3v) is 5.33. The van der Waals surface area contributed by atoms with Crippen molar-refractivity contribution in [1.82, 2.24) is 4.98 Å². The molecule has 0 bridgehead atoms. The first-order valence-corrected chi connectivity index (χ1v) is 7.40. The quantitative estimate of drug-likeness (QED) is 0.932. The highest BCUT2D eigenvalue weighted by atomic mass is 79.9. The molecule has 16 heavy (non-hydrogen) atoms. The normalized spacial score (nSPS) is 13.0. The number of thiazole rings is 1. The number of nitrogens with zero attached hydrogens (tertiary/aromatic N) is 1. The van der Waals surface area contributed by atoms with E-state index in [0.717, 1.165) is 19.4 Å². The Labute approximate surface area is 111 Å². The SMILES string of the molecule is Cc1nc(CC(O)c2cc(C)c(Br)s2)cs1. The van der Waals surface area contributed by atoms with Crippen LogP contribution in [0.1, 0.15) is 27.2 Å². The summed E-state index contributed by atoms with van der Waals surface area (Å²) in [6.07, 6.45) is 0.146. The third-order valence-electron chi connectivity index (χ3n) is 2.27. The van der Waals surface area contributed by atoms with E-state index < -0.39 is 6.10 Å². The maximum atomic E-state index is 10.1. The molecule has 2 rings (SSSR count). The van der Waals surface area contributed by atoms with Gasteiger partial charge in [-0.1, -0.05) is 0 Å². The zero-order valence-electron chi connectivity index (χ0n) is 9.03. The maximum Gasteiger partial charge on any atom is 0.0938 e. The minimum Gasteiger partial charge on any atom is -0.387 e. The summed E-state index contributed by atoms with van der Waals surface area (Å²) in [4.78, 5) is 5.35. The van der Waals surface area contributed by atoms with Crippen LogP contribution in [0.15, 0.2) is 15.2 Å². The van der Waals surface area contributed by atoms with Crippen LogP contribution in [-0.2, 0) is 6.42 Å². The molecule has 86 valence electrons. The van der Waals surface area contributed by atoms with Gasteiger partial charge in [0.05, 0.1) is 20.6 Å². The van der Waals surface area contributed by atoms with E-state index in [1.165, 1.54) is 5.56 Å². The van der Waals surface area contributed by atoms with E-state index in [9.17, 15) is 5.11 Å². The van der Waals surface area contributed by atoms with Crippen molar-refractivity contribution in [2.24, 2.45) is 0 Å². The molecule has 0 spiro atoms. The van der Waals surface area contributed by atoms with Gasteiger partial charge in [0.1, 0.15) is 0 Å². The van der Waals surface area contributed by atoms with Crippen LogP contribution in [-0.4, -0.2) is 10.1 Å². The van der Waals surface area contributed by atoms with Crippen molar-refractivity contribution in [3.63, 3.8) is 0 Å². The summed E-state index contributed by atoms with van der Waals surface area (Å²) in [7, 11) is 0. The highest BCUT2D eigenvalue weighted by Crippen LogP contribution is 2.32. The lowest BCUT2D eigenvalue weighted by Crippen LogP contribution is -1.99. The number of hydrogen-bond donors (Lipinski definition) is 1. The monoisotopic (exact) mass is 317 g/mol. The molecule has 1 unspecified atom stereocenters. The summed E-state index contributed by atoms with van der Waals surface area (Å²) in [6, 6.07) is 2.03. The molecule has 0 amide bonds. The second-order valence-electron chi connectivity index (χ2n) is 3.68. The minimum absolute atomic E-state index is 0.448. The second kappa shape index (κ2) is 4.96. The van der Waals surface area contributed by atoms with Gasteiger partial charge in [0.15, 0.2) is 0 Å². The first-order chi connectivity index (χ1) is 7.56. The Hall–Kier alpha value is -0.230. The van der Waals surface area contributed by atoms with Crippen molar-refractivity contribution >= 4 is 38.6 Å². The molecule has 2 aromatic rings. The van der Waals surface area contributed by atoms with E-state index in [0.29, 0.717) is 6.42 Å². The van der Waals surface area contributed by atoms with Gasteiger partial charge < -0.3 is 5.11 Å². The molecule has 1 atom stereocenters. The van der Waals surface area contributed by atoms with Crippen LogP contribution in [0.3, 0.4) is 0 Å². The summed E-state index contributed by atoms with van der Waals surface area (Å²) in [5.41, 5.74) is 2.14. The van der Waals surface area contributed by atoms with Crippen molar-refractivity contribution in [2.45, 2.75) is 26.4 Å². The first kappa shape index (κ1) is 12.2. The summed E-state index contributed by atoms with van der Waals surface area (Å²) in [6.45, 7) is 4.01. The van der Waals surface area contributed by atoms with Crippen molar-refractivity contribution in [2.75, 3.05) is 0 Å². The average Bonchev–Trinajstić information content (AvgIpc) is 2.75. The lowest BCUT2D eigenvalue weighted by atomic mass is 10.1. The molecule has 0 aliphatic rings. The smallest absolute Gasteiger partial charge is 0.0938 e. The lowest BCUT2D eigenvalue weighted by molar-refractivity contribution is 0.181. The molecule has 2 heterocycles. The van der Waals surface area contributed by atoms with Crippen LogP contribution in [0.4, 0.5) is 0 Å². The van der Waals surface area contributed by atoms with Crippen LogP contribution < -0.4 is 0 Å². The number of thiophene rings is 1. The zero-order valence-corrected chi connectivity index (χ0v) is 12.2. The Kier molecular flexibility index (Phi) is 3.79. The van der Waals surface area contributed by atoms with E-state index in [2.05, 4.69) is 20.9 Å². The number of aliphatic hydroxyl groups excluding tert-OH is 1. The molecule has 2 nitrogen and oxygen atoms in total. The van der Waals surface area contributed by atoms with E-state index in [-0.39, 0.29) is 0 Å². The molecule has 2 aromatic heterocycles. The van der Waals surface area contributed by atoms with E-state index >= 15 is 0 Å². The molecular formula is C11H12BrNOS2. The predicted molar refractivity (Wildman–Crippen MR) is 72.3 cm³/mol. The van der Waals surface area contributed by atoms with Gasteiger partial charge in [-0.25, -0.2) is 4.98 Å². The fraction of sp³-hybridized carbons (Fsp3) is 0.364. The number of halogens is 1. The van der Waals surface area contributed by atoms with Crippen molar-refractivity contribution in [1.29, 1.82) is 0 Å². The first-order valence-electron chi connectivity index (χ1n) is 4.91. The molecule has 0 aliphatic carbocycles. The van der Waals surface area contributed by atoms with E-state index in [1.54, 1.807) is 22.7 Å². The highest BCUT2D eigenvalue weighted by Gasteiger charge is 2.14. The Bertz CT molecular complexity index is 472. The average molecular weight is 318 g/mol. The molecule has 0 radical (unpaired) electrons. The van der Waals surface area contributed by atoms with Gasteiger partial charge in [0, 0.05) is 16.7 Å². The summed E-state index contributed by atoms with van der Waals surface area (Å²) in [5.74, 6) is 0. The Morgan fingerprint density at radius 1 is 1.50 bits per heavy atom. The summed E-state index contributed by atoms with van der Waals surface area (Å²) < 4.78 is 1.09. The Morgan fingerprint density at radius 3 is 2.75 bits per heavy atom. The van der Waals surface area contributed by atoms with E-state index in [4.69, 9.17) is 0 Å². The van der Waals surface area contributed by atoms with Crippen LogP contribution in [0.25, 0.3) is 0 Å². The van der Waals surface area contributed by atoms with Crippen molar-refractivity contribution in [3.05, 3.63) is 36.4 Å². The van der Waals surface area contributed by atoms with Crippen molar-refractivity contribution < 1.29 is 5.11 Å². The van der Waals surface area contributed by atoms with E-state index in [1.807, 2.05) is 25.3 Å². The largest absolute Gasteiger partial charge is 0.387 e. The van der Waals surface area contributed by atoms with Gasteiger partial charge in [0.2, 0.25) is 0 Å². The van der Waals surface area contributed by atoms with Crippen LogP contribution in [0, 0.1) is 13.8 Å². The minimum atomic E-state index is -0.448. The van der Waals surface area contributed by atoms with Crippen LogP contribution in [0.5, 0.6) is 0 Å². The van der Waals surface area contributed by atoms with Gasteiger partial charge in [0.25, 0.3) is 0 Å². The van der Waals surface area contributed by atoms with Gasteiger partial charge in [-0.15, -0.1) is 22.7 Å². The lowest BCUT2D eigenvalue weighted by Gasteiger charge is -2.05. The molecule has 0 aromatic carbocycles. The topological polar surface area (TPSA) is 33.1 Å². The highest BCUT2D eigenvalue weighted by molar-refractivity contribution is 9.11. The summed E-state index contributed by atoms with van der Waals surface area (Å²) >= 11 is 6.68. The Balaban J connectivity index is 2.11. The molecule has 0 saturated carbocycles. The standard InChI is InChI=1S/C11H12BrNOS2/c1-6-3-10(16-11(6)12)9(14)4-8-5-15-7(2)13-8/h3,5,9,14H,4H2,1-2H3. The molecule has 5 heteroatoms. The number of aromatic nitrogens is 1. The summed E-state index contributed by atoms with van der Waals surface area (Å²) in [5, 5.41) is 13.1. The van der Waals surface area contributed by atoms with Gasteiger partial charge in [-0.2, -0.15) is 0 Å². The molecule has 0 fully saturated rings. The maximum absolute atomic E-state index is 10.1. The van der Waals surface area contributed by atoms with Gasteiger partial charge in [-0.3, -0.25) is 0 Å². The van der Waals surface area contributed by atoms with Crippen LogP contribution in [0.2, 0.25) is 0 Å². The third kappa shape index (κ3) is 2.71. The number of rotatable bonds is 3. The Morgan fingerprint density at radius 2 is 2.25 bits per heavy atom. The number of aliphatic hydroxyl groups is 1. The van der Waals surface area contributed by atoms with Crippen LogP contribution >= 0.6 is 38.6 Å². The van der Waals surface area contributed by atoms with Gasteiger partial charge in [-0.05, 0) is 41.4 Å². The number of aryl methyl sites for hydroxylation is 2. The molecule has 0 aliphatic heterocycles. The molecule has 0 saturated heterocycles. The second-order valence-corrected chi connectivity index (χ2v) is 7.15.